The van der Waals surface area contributed by atoms with E-state index in [2.05, 4.69) is 20.5 Å². The highest BCUT2D eigenvalue weighted by atomic mass is 16.2. The zero-order valence-corrected chi connectivity index (χ0v) is 11.9. The van der Waals surface area contributed by atoms with Gasteiger partial charge in [-0.2, -0.15) is 0 Å². The summed E-state index contributed by atoms with van der Waals surface area (Å²) >= 11 is 0. The fraction of sp³-hybridized carbons (Fsp3) is 0.0667. The molecule has 0 saturated heterocycles. The van der Waals surface area contributed by atoms with E-state index < -0.39 is 5.91 Å². The van der Waals surface area contributed by atoms with Crippen molar-refractivity contribution >= 4 is 28.9 Å². The van der Waals surface area contributed by atoms with Crippen molar-refractivity contribution in [2.45, 2.75) is 6.92 Å². The van der Waals surface area contributed by atoms with Crippen LogP contribution in [0.1, 0.15) is 17.3 Å². The first-order valence-electron chi connectivity index (χ1n) is 6.44. The fourth-order valence-electron chi connectivity index (χ4n) is 1.65. The lowest BCUT2D eigenvalue weighted by Crippen LogP contribution is -2.05. The molecule has 0 saturated carbocycles. The van der Waals surface area contributed by atoms with Gasteiger partial charge in [0.05, 0.1) is 5.69 Å². The van der Waals surface area contributed by atoms with Crippen LogP contribution in [0.25, 0.3) is 0 Å². The summed E-state index contributed by atoms with van der Waals surface area (Å²) < 4.78 is 0. The molecule has 0 heterocycles. The number of hydrogen-bond acceptors (Lipinski definition) is 4. The van der Waals surface area contributed by atoms with Crippen LogP contribution in [0.3, 0.4) is 0 Å². The van der Waals surface area contributed by atoms with E-state index >= 15 is 0 Å². The van der Waals surface area contributed by atoms with Gasteiger partial charge in [0.25, 0.3) is 0 Å². The maximum atomic E-state index is 11.8. The molecule has 0 aliphatic carbocycles. The number of hydrogen-bond donors (Lipinski definition) is 2. The average molecular weight is 296 g/mol. The molecule has 2 aromatic carbocycles. The Balaban J connectivity index is 2.10. The number of amides is 2. The molecule has 110 valence electrons. The summed E-state index contributed by atoms with van der Waals surface area (Å²) in [5.74, 6) is -0.717. The lowest BCUT2D eigenvalue weighted by Gasteiger charge is -2.00. The second-order valence-electron chi connectivity index (χ2n) is 4.41. The van der Waals surface area contributed by atoms with Crippen LogP contribution in [0.5, 0.6) is 0 Å². The molecule has 0 aromatic heterocycles. The SMILES string of the molecule is CC(=O)Nc1ccc(C(=O)N=[N+]=Nc2ccccc2N)cc1. The van der Waals surface area contributed by atoms with Crippen LogP contribution < -0.4 is 16.0 Å². The van der Waals surface area contributed by atoms with E-state index in [-0.39, 0.29) is 5.91 Å². The van der Waals surface area contributed by atoms with E-state index in [4.69, 9.17) is 5.73 Å². The Hall–Kier alpha value is -3.31. The van der Waals surface area contributed by atoms with Gasteiger partial charge >= 0.3 is 5.91 Å². The Morgan fingerprint density at radius 2 is 1.77 bits per heavy atom. The number of nitrogens with two attached hydrogens (primary N) is 1. The Labute approximate surface area is 126 Å². The smallest absolute Gasteiger partial charge is 0.360 e. The lowest BCUT2D eigenvalue weighted by molar-refractivity contribution is -0.114. The van der Waals surface area contributed by atoms with E-state index in [9.17, 15) is 9.59 Å². The summed E-state index contributed by atoms with van der Waals surface area (Å²) in [6, 6.07) is 13.2. The summed E-state index contributed by atoms with van der Waals surface area (Å²) in [7, 11) is 0. The fourth-order valence-corrected chi connectivity index (χ4v) is 1.65. The molecule has 0 unspecified atom stereocenters. The van der Waals surface area contributed by atoms with Crippen molar-refractivity contribution in [3.8, 4) is 0 Å². The van der Waals surface area contributed by atoms with Crippen molar-refractivity contribution < 1.29 is 9.59 Å². The number of rotatable bonds is 3. The number of benzene rings is 2. The van der Waals surface area contributed by atoms with Gasteiger partial charge in [0.2, 0.25) is 15.9 Å². The number of anilines is 2. The van der Waals surface area contributed by atoms with Crippen LogP contribution in [0.4, 0.5) is 17.1 Å². The Morgan fingerprint density at radius 1 is 1.09 bits per heavy atom. The molecular formula is C15H14N5O2+. The summed E-state index contributed by atoms with van der Waals surface area (Å²) in [4.78, 5) is 26.2. The quantitative estimate of drug-likeness (QED) is 0.516. The lowest BCUT2D eigenvalue weighted by atomic mass is 10.2. The molecule has 0 radical (unpaired) electrons. The molecule has 2 amide bonds. The van der Waals surface area contributed by atoms with E-state index in [1.807, 2.05) is 0 Å². The standard InChI is InChI=1S/C15H13N5O2/c1-10(21)17-12-8-6-11(7-9-12)15(22)19-20-18-14-5-3-2-4-13(14)16/h2-9,16H,1H3,(H,17,21,22)/p+1. The Bertz CT molecular complexity index is 762. The van der Waals surface area contributed by atoms with Crippen LogP contribution in [0, 0.1) is 0 Å². The number of carbonyl (C=O) groups is 2. The number of nitrogens with zero attached hydrogens (tertiary/aromatic N) is 3. The Morgan fingerprint density at radius 3 is 2.41 bits per heavy atom. The molecular weight excluding hydrogens is 282 g/mol. The highest BCUT2D eigenvalue weighted by Gasteiger charge is 2.10. The highest BCUT2D eigenvalue weighted by molar-refractivity contribution is 5.95. The van der Waals surface area contributed by atoms with Gasteiger partial charge in [0.1, 0.15) is 0 Å². The van der Waals surface area contributed by atoms with Crippen molar-refractivity contribution in [2.24, 2.45) is 10.2 Å². The van der Waals surface area contributed by atoms with Crippen molar-refractivity contribution in [3.63, 3.8) is 0 Å². The number of para-hydroxylation sites is 1. The molecule has 0 fully saturated rings. The monoisotopic (exact) mass is 296 g/mol. The van der Waals surface area contributed by atoms with Gasteiger partial charge in [-0.15, -0.1) is 0 Å². The predicted molar refractivity (Wildman–Crippen MR) is 82.6 cm³/mol. The van der Waals surface area contributed by atoms with Crippen molar-refractivity contribution in [1.29, 1.82) is 0 Å². The molecule has 0 aliphatic heterocycles. The van der Waals surface area contributed by atoms with Crippen LogP contribution in [-0.4, -0.2) is 11.8 Å². The summed E-state index contributed by atoms with van der Waals surface area (Å²) in [5.41, 5.74) is 7.53. The van der Waals surface area contributed by atoms with Gasteiger partial charge in [0.15, 0.2) is 10.8 Å². The van der Waals surface area contributed by atoms with Gasteiger partial charge in [-0.25, -0.2) is 0 Å². The normalized spacial score (nSPS) is 9.50. The summed E-state index contributed by atoms with van der Waals surface area (Å²) in [5, 5.41) is 9.89. The molecule has 7 nitrogen and oxygen atoms in total. The second kappa shape index (κ2) is 6.92. The first-order valence-corrected chi connectivity index (χ1v) is 6.44. The van der Waals surface area contributed by atoms with E-state index in [0.29, 0.717) is 22.6 Å². The molecule has 0 atom stereocenters. The zero-order valence-electron chi connectivity index (χ0n) is 11.9. The van der Waals surface area contributed by atoms with Crippen LogP contribution in [0.2, 0.25) is 0 Å². The predicted octanol–water partition coefficient (Wildman–Crippen LogP) is 2.67. The maximum Gasteiger partial charge on any atom is 0.360 e. The molecule has 0 aliphatic rings. The van der Waals surface area contributed by atoms with Gasteiger partial charge < -0.3 is 11.1 Å². The molecule has 7 heteroatoms. The summed E-state index contributed by atoms with van der Waals surface area (Å²) in [6.45, 7) is 1.41. The molecule has 0 spiro atoms. The Kier molecular flexibility index (Phi) is 4.74. The third-order valence-electron chi connectivity index (χ3n) is 2.68. The summed E-state index contributed by atoms with van der Waals surface area (Å²) in [6.07, 6.45) is 0. The van der Waals surface area contributed by atoms with Crippen molar-refractivity contribution in [2.75, 3.05) is 11.1 Å². The number of nitrogens with one attached hydrogen (secondary N) is 1. The molecule has 2 rings (SSSR count). The third-order valence-corrected chi connectivity index (χ3v) is 2.68. The zero-order chi connectivity index (χ0) is 15.9. The van der Waals surface area contributed by atoms with Crippen molar-refractivity contribution in [3.05, 3.63) is 54.1 Å². The minimum atomic E-state index is -0.535. The van der Waals surface area contributed by atoms with Crippen LogP contribution >= 0.6 is 0 Å². The van der Waals surface area contributed by atoms with Gasteiger partial charge in [-0.1, -0.05) is 12.1 Å². The minimum absolute atomic E-state index is 0.182. The largest absolute Gasteiger partial charge is 0.397 e. The van der Waals surface area contributed by atoms with Crippen molar-refractivity contribution in [1.82, 2.24) is 4.91 Å². The van der Waals surface area contributed by atoms with Crippen LogP contribution in [0.15, 0.2) is 58.8 Å². The maximum absolute atomic E-state index is 11.8. The van der Waals surface area contributed by atoms with Crippen LogP contribution in [-0.2, 0) is 4.79 Å². The highest BCUT2D eigenvalue weighted by Crippen LogP contribution is 2.19. The molecule has 2 aromatic rings. The van der Waals surface area contributed by atoms with Gasteiger partial charge in [-0.3, -0.25) is 9.59 Å². The minimum Gasteiger partial charge on any atom is -0.397 e. The third kappa shape index (κ3) is 4.09. The van der Waals surface area contributed by atoms with E-state index in [1.54, 1.807) is 48.5 Å². The average Bonchev–Trinajstić information content (AvgIpc) is 2.49. The van der Waals surface area contributed by atoms with Gasteiger partial charge in [0, 0.05) is 18.2 Å². The number of carbonyl (C=O) groups excluding carboxylic acids is 2. The molecule has 3 N–H and O–H groups in total. The first kappa shape index (κ1) is 15.1. The topological polar surface area (TPSA) is 111 Å². The van der Waals surface area contributed by atoms with Gasteiger partial charge in [-0.05, 0) is 36.4 Å². The molecule has 22 heavy (non-hydrogen) atoms. The number of nitrogen functional groups attached to an aromatic ring is 1. The van der Waals surface area contributed by atoms with E-state index in [0.717, 1.165) is 0 Å². The van der Waals surface area contributed by atoms with E-state index in [1.165, 1.54) is 6.92 Å². The molecule has 0 bridgehead atoms. The first-order chi connectivity index (χ1) is 10.6. The second-order valence-corrected chi connectivity index (χ2v) is 4.41.